The van der Waals surface area contributed by atoms with Crippen molar-refractivity contribution in [1.29, 1.82) is 0 Å². The van der Waals surface area contributed by atoms with E-state index in [1.807, 2.05) is 32.0 Å². The molecule has 0 bridgehead atoms. The van der Waals surface area contributed by atoms with Crippen LogP contribution in [-0.2, 0) is 12.8 Å². The summed E-state index contributed by atoms with van der Waals surface area (Å²) in [5.41, 5.74) is 3.49. The third-order valence-corrected chi connectivity index (χ3v) is 4.85. The number of rotatable bonds is 5. The molecule has 0 spiro atoms. The van der Waals surface area contributed by atoms with Gasteiger partial charge in [-0.05, 0) is 66.4 Å². The molecule has 2 amide bonds. The Bertz CT molecular complexity index is 1010. The quantitative estimate of drug-likeness (QED) is 0.485. The van der Waals surface area contributed by atoms with E-state index in [1.54, 1.807) is 48.8 Å². The van der Waals surface area contributed by atoms with Gasteiger partial charge in [-0.1, -0.05) is 31.2 Å². The van der Waals surface area contributed by atoms with Crippen LogP contribution in [0.25, 0.3) is 0 Å². The summed E-state index contributed by atoms with van der Waals surface area (Å²) in [7, 11) is 0. The van der Waals surface area contributed by atoms with Crippen molar-refractivity contribution in [2.45, 2.75) is 39.2 Å². The average Bonchev–Trinajstić information content (AvgIpc) is 2.82. The molecule has 7 heteroatoms. The molecule has 0 aliphatic heterocycles. The molecule has 1 aliphatic carbocycles. The number of anilines is 2. The van der Waals surface area contributed by atoms with E-state index in [1.165, 1.54) is 0 Å². The lowest BCUT2D eigenvalue weighted by Crippen LogP contribution is -2.23. The number of nitrogens with zero attached hydrogens (tertiary/aromatic N) is 2. The smallest absolute Gasteiger partial charge is 0.323 e. The van der Waals surface area contributed by atoms with Crippen LogP contribution in [0.5, 0.6) is 11.5 Å². The van der Waals surface area contributed by atoms with Gasteiger partial charge in [-0.25, -0.2) is 4.79 Å². The predicted octanol–water partition coefficient (Wildman–Crippen LogP) is 6.17. The van der Waals surface area contributed by atoms with Gasteiger partial charge in [0, 0.05) is 30.2 Å². The van der Waals surface area contributed by atoms with Gasteiger partial charge >= 0.3 is 6.03 Å². The van der Waals surface area contributed by atoms with Crippen LogP contribution in [0.2, 0.25) is 0 Å². The number of aryl methyl sites for hydroxylation is 1. The molecule has 2 N–H and O–H groups in total. The minimum atomic E-state index is -0.345. The maximum absolute atomic E-state index is 12.4. The molecule has 1 aliphatic rings. The van der Waals surface area contributed by atoms with E-state index in [-0.39, 0.29) is 12.1 Å². The number of pyridine rings is 1. The molecule has 4 rings (SSSR count). The van der Waals surface area contributed by atoms with E-state index in [4.69, 9.17) is 4.74 Å². The van der Waals surface area contributed by atoms with Gasteiger partial charge < -0.3 is 15.4 Å². The average molecular weight is 418 g/mol. The molecule has 1 unspecified atom stereocenters. The number of carbonyl (C=O) groups is 1. The summed E-state index contributed by atoms with van der Waals surface area (Å²) in [5, 5.41) is 8.88. The molecule has 0 saturated carbocycles. The van der Waals surface area contributed by atoms with Gasteiger partial charge in [0.2, 0.25) is 0 Å². The van der Waals surface area contributed by atoms with Gasteiger partial charge in [0.25, 0.3) is 0 Å². The molecule has 2 aromatic carbocycles. The molecule has 0 fully saturated rings. The number of nitrogens with one attached hydrogen (secondary N) is 2. The summed E-state index contributed by atoms with van der Waals surface area (Å²) in [6.45, 7) is 4.00. The van der Waals surface area contributed by atoms with Crippen molar-refractivity contribution in [2.75, 3.05) is 10.6 Å². The molecule has 7 nitrogen and oxygen atoms in total. The first kappa shape index (κ1) is 22.0. The normalized spacial score (nSPS) is 14.3. The highest BCUT2D eigenvalue weighted by Crippen LogP contribution is 2.29. The Balaban J connectivity index is 0.00000132. The Hall–Kier alpha value is -3.74. The van der Waals surface area contributed by atoms with E-state index in [9.17, 15) is 9.70 Å². The van der Waals surface area contributed by atoms with Gasteiger partial charge in [-0.3, -0.25) is 4.98 Å². The van der Waals surface area contributed by atoms with Crippen molar-refractivity contribution in [3.63, 3.8) is 0 Å². The molecule has 3 aromatic rings. The summed E-state index contributed by atoms with van der Waals surface area (Å²) in [6.07, 6.45) is 5.41. The number of aromatic nitrogens is 1. The number of carbonyl (C=O) groups excluding carboxylic acids is 1. The third kappa shape index (κ3) is 5.88. The number of amides is 2. The highest BCUT2D eigenvalue weighted by Gasteiger charge is 2.22. The fourth-order valence-electron chi connectivity index (χ4n) is 3.41. The number of hydrogen-bond donors (Lipinski definition) is 2. The van der Waals surface area contributed by atoms with Crippen molar-refractivity contribution in [3.8, 4) is 11.5 Å². The number of urea groups is 1. The number of fused-ring (bicyclic) bond motifs is 1. The summed E-state index contributed by atoms with van der Waals surface area (Å²) >= 11 is 0. The maximum Gasteiger partial charge on any atom is 0.323 e. The zero-order chi connectivity index (χ0) is 22.1. The molecule has 1 aromatic heterocycles. The standard InChI is InChI=1S/C22H20N4O3.C2H6/c27-22(25-21-3-1-2-15-4-5-17(26-28)14-20(15)21)24-16-6-8-18(9-7-16)29-19-10-12-23-13-11-19;1-2/h1-3,6-13,17H,4-5,14H2,(H2,24,25,27);1-2H3. The summed E-state index contributed by atoms with van der Waals surface area (Å²) in [4.78, 5) is 27.3. The van der Waals surface area contributed by atoms with Crippen LogP contribution in [0.4, 0.5) is 16.2 Å². The Labute approximate surface area is 181 Å². The summed E-state index contributed by atoms with van der Waals surface area (Å²) in [6, 6.07) is 15.8. The zero-order valence-corrected chi connectivity index (χ0v) is 17.7. The van der Waals surface area contributed by atoms with Gasteiger partial charge in [0.15, 0.2) is 0 Å². The van der Waals surface area contributed by atoms with Crippen LogP contribution in [-0.4, -0.2) is 17.1 Å². The van der Waals surface area contributed by atoms with E-state index < -0.39 is 0 Å². The van der Waals surface area contributed by atoms with E-state index in [0.717, 1.165) is 24.0 Å². The third-order valence-electron chi connectivity index (χ3n) is 4.85. The fourth-order valence-corrected chi connectivity index (χ4v) is 3.41. The number of benzene rings is 2. The van der Waals surface area contributed by atoms with Gasteiger partial charge in [-0.15, -0.1) is 0 Å². The monoisotopic (exact) mass is 418 g/mol. The van der Waals surface area contributed by atoms with E-state index >= 15 is 0 Å². The highest BCUT2D eigenvalue weighted by atomic mass is 16.5. The number of hydrogen-bond acceptors (Lipinski definition) is 5. The fraction of sp³-hybridized carbons (Fsp3) is 0.250. The van der Waals surface area contributed by atoms with Crippen molar-refractivity contribution in [2.24, 2.45) is 5.18 Å². The van der Waals surface area contributed by atoms with Crippen LogP contribution in [0.15, 0.2) is 72.2 Å². The minimum absolute atomic E-state index is 0.235. The van der Waals surface area contributed by atoms with Gasteiger partial charge in [-0.2, -0.15) is 4.91 Å². The molecular formula is C24H26N4O3. The highest BCUT2D eigenvalue weighted by molar-refractivity contribution is 6.00. The predicted molar refractivity (Wildman–Crippen MR) is 123 cm³/mol. The largest absolute Gasteiger partial charge is 0.457 e. The lowest BCUT2D eigenvalue weighted by molar-refractivity contribution is 0.262. The lowest BCUT2D eigenvalue weighted by Gasteiger charge is -2.22. The van der Waals surface area contributed by atoms with E-state index in [0.29, 0.717) is 29.3 Å². The first-order chi connectivity index (χ1) is 15.2. The molecular weight excluding hydrogens is 392 g/mol. The number of ether oxygens (including phenoxy) is 1. The molecule has 0 saturated heterocycles. The Morgan fingerprint density at radius 3 is 2.42 bits per heavy atom. The van der Waals surface area contributed by atoms with Crippen molar-refractivity contribution in [1.82, 2.24) is 4.98 Å². The first-order valence-corrected chi connectivity index (χ1v) is 10.4. The molecule has 31 heavy (non-hydrogen) atoms. The molecule has 1 atom stereocenters. The Kier molecular flexibility index (Phi) is 7.70. The van der Waals surface area contributed by atoms with Crippen LogP contribution in [0, 0.1) is 4.91 Å². The van der Waals surface area contributed by atoms with Crippen LogP contribution in [0.3, 0.4) is 0 Å². The zero-order valence-electron chi connectivity index (χ0n) is 17.7. The Morgan fingerprint density at radius 2 is 1.71 bits per heavy atom. The van der Waals surface area contributed by atoms with Gasteiger partial charge in [0.05, 0.1) is 6.04 Å². The van der Waals surface area contributed by atoms with Crippen LogP contribution < -0.4 is 15.4 Å². The number of nitroso groups, excluding NO2 is 1. The second-order valence-corrected chi connectivity index (χ2v) is 6.83. The molecule has 160 valence electrons. The summed E-state index contributed by atoms with van der Waals surface area (Å²) < 4.78 is 5.71. The minimum Gasteiger partial charge on any atom is -0.457 e. The van der Waals surface area contributed by atoms with Crippen molar-refractivity contribution in [3.05, 3.63) is 83.0 Å². The first-order valence-electron chi connectivity index (χ1n) is 10.4. The lowest BCUT2D eigenvalue weighted by atomic mass is 9.87. The van der Waals surface area contributed by atoms with Gasteiger partial charge in [0.1, 0.15) is 11.5 Å². The second-order valence-electron chi connectivity index (χ2n) is 6.83. The topological polar surface area (TPSA) is 92.7 Å². The van der Waals surface area contributed by atoms with Crippen molar-refractivity contribution >= 4 is 17.4 Å². The second kappa shape index (κ2) is 10.9. The summed E-state index contributed by atoms with van der Waals surface area (Å²) in [5.74, 6) is 1.35. The molecule has 0 radical (unpaired) electrons. The SMILES string of the molecule is CC.O=NC1CCc2cccc(NC(=O)Nc3ccc(Oc4ccncc4)cc3)c2C1. The van der Waals surface area contributed by atoms with E-state index in [2.05, 4.69) is 20.8 Å². The van der Waals surface area contributed by atoms with Crippen LogP contribution in [0.1, 0.15) is 31.4 Å². The maximum atomic E-state index is 12.4. The molecule has 1 heterocycles. The van der Waals surface area contributed by atoms with Crippen molar-refractivity contribution < 1.29 is 9.53 Å². The Morgan fingerprint density at radius 1 is 1.00 bits per heavy atom. The van der Waals surface area contributed by atoms with Crippen LogP contribution >= 0.6 is 0 Å².